The van der Waals surface area contributed by atoms with E-state index in [0.29, 0.717) is 34.3 Å². The van der Waals surface area contributed by atoms with Gasteiger partial charge in [-0.05, 0) is 56.7 Å². The molecule has 3 rings (SSSR count). The van der Waals surface area contributed by atoms with Crippen LogP contribution in [0, 0.1) is 6.92 Å². The summed E-state index contributed by atoms with van der Waals surface area (Å²) >= 11 is 12.8. The van der Waals surface area contributed by atoms with Crippen LogP contribution < -0.4 is 9.62 Å². The lowest BCUT2D eigenvalue weighted by Crippen LogP contribution is -2.52. The summed E-state index contributed by atoms with van der Waals surface area (Å²) in [5.74, 6) is -0.918. The Labute approximate surface area is 234 Å². The molecule has 0 heterocycles. The molecule has 0 fully saturated rings. The van der Waals surface area contributed by atoms with Gasteiger partial charge in [0.05, 0.1) is 10.6 Å². The van der Waals surface area contributed by atoms with Gasteiger partial charge in [0, 0.05) is 28.7 Å². The molecule has 3 aromatic carbocycles. The fraction of sp³-hybridized carbons (Fsp3) is 0.286. The second-order valence-corrected chi connectivity index (χ2v) is 11.4. The number of halogens is 2. The number of aryl methyl sites for hydroxylation is 1. The van der Waals surface area contributed by atoms with Crippen LogP contribution in [0.2, 0.25) is 10.0 Å². The molecule has 1 atom stereocenters. The summed E-state index contributed by atoms with van der Waals surface area (Å²) in [4.78, 5) is 28.3. The maximum atomic E-state index is 14.0. The molecule has 0 radical (unpaired) electrons. The smallest absolute Gasteiger partial charge is 0.264 e. The molecule has 0 saturated heterocycles. The van der Waals surface area contributed by atoms with Gasteiger partial charge in [-0.3, -0.25) is 13.9 Å². The summed E-state index contributed by atoms with van der Waals surface area (Å²) in [5, 5.41) is 3.45. The number of rotatable bonds is 11. The third-order valence-corrected chi connectivity index (χ3v) is 8.56. The van der Waals surface area contributed by atoms with E-state index in [4.69, 9.17) is 23.2 Å². The van der Waals surface area contributed by atoms with Gasteiger partial charge in [0.2, 0.25) is 11.8 Å². The van der Waals surface area contributed by atoms with Crippen molar-refractivity contribution in [3.05, 3.63) is 94.0 Å². The number of hydrogen-bond donors (Lipinski definition) is 1. The minimum Gasteiger partial charge on any atom is -0.355 e. The Morgan fingerprint density at radius 2 is 1.50 bits per heavy atom. The zero-order valence-corrected chi connectivity index (χ0v) is 23.9. The number of benzene rings is 3. The predicted molar refractivity (Wildman–Crippen MR) is 152 cm³/mol. The van der Waals surface area contributed by atoms with Crippen molar-refractivity contribution in [1.29, 1.82) is 0 Å². The summed E-state index contributed by atoms with van der Waals surface area (Å²) < 4.78 is 28.6. The molecular formula is C28H31Cl2N3O4S. The lowest BCUT2D eigenvalue weighted by molar-refractivity contribution is -0.140. The molecule has 3 aromatic rings. The molecule has 0 bridgehead atoms. The lowest BCUT2D eigenvalue weighted by atomic mass is 10.1. The number of anilines is 1. The molecule has 1 unspecified atom stereocenters. The van der Waals surface area contributed by atoms with E-state index in [9.17, 15) is 18.0 Å². The van der Waals surface area contributed by atoms with Crippen molar-refractivity contribution in [3.8, 4) is 0 Å². The van der Waals surface area contributed by atoms with E-state index in [1.54, 1.807) is 74.5 Å². The first kappa shape index (κ1) is 29.5. The zero-order valence-electron chi connectivity index (χ0n) is 21.5. The first-order chi connectivity index (χ1) is 18.1. The van der Waals surface area contributed by atoms with Crippen molar-refractivity contribution in [3.63, 3.8) is 0 Å². The summed E-state index contributed by atoms with van der Waals surface area (Å²) in [7, 11) is -4.11. The molecule has 2 amide bonds. The van der Waals surface area contributed by atoms with Crippen molar-refractivity contribution < 1.29 is 18.0 Å². The minimum absolute atomic E-state index is 0.0461. The van der Waals surface area contributed by atoms with Crippen LogP contribution in [0.5, 0.6) is 0 Å². The highest BCUT2D eigenvalue weighted by atomic mass is 35.5. The number of nitrogens with one attached hydrogen (secondary N) is 1. The number of likely N-dealkylation sites (N-methyl/N-ethyl adjacent to an activating group) is 1. The Morgan fingerprint density at radius 1 is 0.895 bits per heavy atom. The monoisotopic (exact) mass is 575 g/mol. The molecule has 10 heteroatoms. The maximum absolute atomic E-state index is 14.0. The third-order valence-electron chi connectivity index (χ3n) is 6.06. The molecule has 0 aliphatic rings. The van der Waals surface area contributed by atoms with Gasteiger partial charge in [0.15, 0.2) is 0 Å². The highest BCUT2D eigenvalue weighted by Crippen LogP contribution is 2.28. The van der Waals surface area contributed by atoms with Crippen LogP contribution in [0.4, 0.5) is 5.69 Å². The quantitative estimate of drug-likeness (QED) is 0.330. The van der Waals surface area contributed by atoms with Gasteiger partial charge >= 0.3 is 0 Å². The molecular weight excluding hydrogens is 545 g/mol. The van der Waals surface area contributed by atoms with Crippen LogP contribution in [0.25, 0.3) is 0 Å². The Balaban J connectivity index is 2.08. The summed E-state index contributed by atoms with van der Waals surface area (Å²) in [6, 6.07) is 18.9. The van der Waals surface area contributed by atoms with E-state index in [2.05, 4.69) is 5.32 Å². The number of nitrogens with zero attached hydrogens (tertiary/aromatic N) is 2. The second-order valence-electron chi connectivity index (χ2n) is 8.70. The molecule has 0 spiro atoms. The summed E-state index contributed by atoms with van der Waals surface area (Å²) in [5.41, 5.74) is 1.74. The van der Waals surface area contributed by atoms with Crippen LogP contribution >= 0.6 is 23.2 Å². The predicted octanol–water partition coefficient (Wildman–Crippen LogP) is 5.44. The van der Waals surface area contributed by atoms with E-state index in [-0.39, 0.29) is 17.3 Å². The van der Waals surface area contributed by atoms with Gasteiger partial charge in [-0.25, -0.2) is 8.42 Å². The van der Waals surface area contributed by atoms with Gasteiger partial charge in [-0.2, -0.15) is 0 Å². The Morgan fingerprint density at radius 3 is 2.05 bits per heavy atom. The van der Waals surface area contributed by atoms with Gasteiger partial charge in [-0.1, -0.05) is 72.1 Å². The van der Waals surface area contributed by atoms with Crippen molar-refractivity contribution in [2.45, 2.75) is 44.7 Å². The van der Waals surface area contributed by atoms with E-state index < -0.39 is 28.5 Å². The molecule has 0 aliphatic carbocycles. The third kappa shape index (κ3) is 6.87. The van der Waals surface area contributed by atoms with E-state index in [0.717, 1.165) is 9.87 Å². The number of sulfonamides is 1. The minimum atomic E-state index is -4.11. The van der Waals surface area contributed by atoms with Crippen molar-refractivity contribution >= 4 is 50.7 Å². The van der Waals surface area contributed by atoms with Crippen LogP contribution in [0.3, 0.4) is 0 Å². The van der Waals surface area contributed by atoms with E-state index in [1.807, 2.05) is 6.92 Å². The van der Waals surface area contributed by atoms with Gasteiger partial charge in [0.1, 0.15) is 12.6 Å². The summed E-state index contributed by atoms with van der Waals surface area (Å²) in [6.07, 6.45) is 0.301. The van der Waals surface area contributed by atoms with Crippen LogP contribution in [-0.2, 0) is 26.2 Å². The molecule has 38 heavy (non-hydrogen) atoms. The van der Waals surface area contributed by atoms with E-state index >= 15 is 0 Å². The van der Waals surface area contributed by atoms with Crippen LogP contribution in [0.1, 0.15) is 31.4 Å². The highest BCUT2D eigenvalue weighted by Gasteiger charge is 2.34. The highest BCUT2D eigenvalue weighted by molar-refractivity contribution is 7.92. The zero-order chi connectivity index (χ0) is 27.9. The SMILES string of the molecule is CCNC(=O)C(CC)N(Cc1c(Cl)cccc1Cl)C(=O)CN(c1ccc(C)cc1)S(=O)(=O)c1ccccc1. The lowest BCUT2D eigenvalue weighted by Gasteiger charge is -2.33. The van der Waals surface area contributed by atoms with Crippen LogP contribution in [0.15, 0.2) is 77.7 Å². The van der Waals surface area contributed by atoms with Gasteiger partial charge in [-0.15, -0.1) is 0 Å². The Bertz CT molecular complexity index is 1350. The fourth-order valence-corrected chi connectivity index (χ4v) is 5.98. The van der Waals surface area contributed by atoms with E-state index in [1.165, 1.54) is 17.0 Å². The number of amides is 2. The molecule has 0 saturated carbocycles. The van der Waals surface area contributed by atoms with Crippen molar-refractivity contribution in [1.82, 2.24) is 10.2 Å². The Hall–Kier alpha value is -3.07. The number of hydrogen-bond acceptors (Lipinski definition) is 4. The fourth-order valence-electron chi connectivity index (χ4n) is 4.02. The van der Waals surface area contributed by atoms with Gasteiger partial charge in [0.25, 0.3) is 10.0 Å². The first-order valence-electron chi connectivity index (χ1n) is 12.2. The first-order valence-corrected chi connectivity index (χ1v) is 14.4. The topological polar surface area (TPSA) is 86.8 Å². The van der Waals surface area contributed by atoms with Crippen molar-refractivity contribution in [2.24, 2.45) is 0 Å². The summed E-state index contributed by atoms with van der Waals surface area (Å²) in [6.45, 7) is 5.23. The molecule has 7 nitrogen and oxygen atoms in total. The number of carbonyl (C=O) groups is 2. The van der Waals surface area contributed by atoms with Gasteiger partial charge < -0.3 is 10.2 Å². The average molecular weight is 577 g/mol. The molecule has 0 aliphatic heterocycles. The van der Waals surface area contributed by atoms with Crippen LogP contribution in [-0.4, -0.2) is 44.3 Å². The Kier molecular flexibility index (Phi) is 10.2. The molecule has 202 valence electrons. The van der Waals surface area contributed by atoms with Crippen molar-refractivity contribution in [2.75, 3.05) is 17.4 Å². The second kappa shape index (κ2) is 13.1. The largest absolute Gasteiger partial charge is 0.355 e. The normalized spacial score (nSPS) is 12.0. The standard InChI is InChI=1S/C28H31Cl2N3O4S/c1-4-26(28(35)31-5-2)32(18-23-24(29)12-9-13-25(23)30)27(34)19-33(21-16-14-20(3)15-17-21)38(36,37)22-10-7-6-8-11-22/h6-17,26H,4-5,18-19H2,1-3H3,(H,31,35). The number of carbonyl (C=O) groups excluding carboxylic acids is 2. The molecule has 0 aromatic heterocycles. The molecule has 1 N–H and O–H groups in total. The maximum Gasteiger partial charge on any atom is 0.264 e. The average Bonchev–Trinajstić information content (AvgIpc) is 2.90.